The van der Waals surface area contributed by atoms with E-state index < -0.39 is 0 Å². The lowest BCUT2D eigenvalue weighted by Crippen LogP contribution is -2.30. The minimum Gasteiger partial charge on any atom is -0.497 e. The Morgan fingerprint density at radius 2 is 1.88 bits per heavy atom. The highest BCUT2D eigenvalue weighted by molar-refractivity contribution is 5.83. The second-order valence-electron chi connectivity index (χ2n) is 3.00. The molecule has 1 aromatic carbocycles. The van der Waals surface area contributed by atoms with Gasteiger partial charge in [0.2, 0.25) is 5.96 Å². The quantitative estimate of drug-likeness (QED) is 0.348. The summed E-state index contributed by atoms with van der Waals surface area (Å²) in [5.74, 6) is 0.957. The highest BCUT2D eigenvalue weighted by atomic mass is 16.5. The van der Waals surface area contributed by atoms with E-state index in [0.29, 0.717) is 11.5 Å². The highest BCUT2D eigenvalue weighted by Crippen LogP contribution is 2.21. The second kappa shape index (κ2) is 6.33. The molecule has 1 rings (SSSR count). The van der Waals surface area contributed by atoms with Gasteiger partial charge in [-0.2, -0.15) is 5.10 Å². The van der Waals surface area contributed by atoms with Gasteiger partial charge in [-0.05, 0) is 12.1 Å². The molecule has 0 heterocycles. The number of nitrogens with zero attached hydrogens (tertiary/aromatic N) is 1. The number of hydrazone groups is 1. The molecular formula is C10H14N4O3. The Kier molecular flexibility index (Phi) is 4.77. The molecule has 92 valence electrons. The van der Waals surface area contributed by atoms with Crippen LogP contribution in [0, 0.1) is 5.41 Å². The van der Waals surface area contributed by atoms with Crippen molar-refractivity contribution in [1.29, 1.82) is 5.41 Å². The largest absolute Gasteiger partial charge is 0.497 e. The van der Waals surface area contributed by atoms with Gasteiger partial charge in [-0.3, -0.25) is 10.6 Å². The van der Waals surface area contributed by atoms with E-state index in [4.69, 9.17) is 20.1 Å². The Hall–Kier alpha value is -2.28. The van der Waals surface area contributed by atoms with Crippen LogP contribution < -0.4 is 20.4 Å². The molecule has 0 aliphatic heterocycles. The summed E-state index contributed by atoms with van der Waals surface area (Å²) in [6.07, 6.45) is 1.47. The van der Waals surface area contributed by atoms with E-state index in [2.05, 4.69) is 10.5 Å². The maximum Gasteiger partial charge on any atom is 0.233 e. The molecule has 0 atom stereocenters. The lowest BCUT2D eigenvalue weighted by Gasteiger charge is -2.05. The maximum absolute atomic E-state index is 8.35. The first kappa shape index (κ1) is 12.8. The van der Waals surface area contributed by atoms with Crippen molar-refractivity contribution in [3.63, 3.8) is 0 Å². The van der Waals surface area contributed by atoms with Crippen molar-refractivity contribution in [3.05, 3.63) is 23.8 Å². The number of methoxy groups -OCH3 is 2. The van der Waals surface area contributed by atoms with Crippen LogP contribution in [0.15, 0.2) is 23.3 Å². The Bertz CT molecular complexity index is 398. The summed E-state index contributed by atoms with van der Waals surface area (Å²) in [7, 11) is 3.11. The third kappa shape index (κ3) is 3.99. The van der Waals surface area contributed by atoms with Crippen LogP contribution in [0.1, 0.15) is 5.56 Å². The second-order valence-corrected chi connectivity index (χ2v) is 3.00. The molecule has 0 saturated heterocycles. The topological polar surface area (TPSA) is 99.0 Å². The van der Waals surface area contributed by atoms with Gasteiger partial charge < -0.3 is 9.47 Å². The van der Waals surface area contributed by atoms with Crippen LogP contribution >= 0.6 is 0 Å². The number of rotatable bonds is 4. The van der Waals surface area contributed by atoms with E-state index >= 15 is 0 Å². The van der Waals surface area contributed by atoms with Crippen LogP contribution in [-0.2, 0) is 0 Å². The molecule has 4 N–H and O–H groups in total. The van der Waals surface area contributed by atoms with E-state index in [1.807, 2.05) is 0 Å². The van der Waals surface area contributed by atoms with Gasteiger partial charge in [0.05, 0.1) is 20.4 Å². The molecular weight excluding hydrogens is 224 g/mol. The fraction of sp³-hybridized carbons (Fsp3) is 0.200. The van der Waals surface area contributed by atoms with Crippen LogP contribution in [-0.4, -0.2) is 31.6 Å². The normalized spacial score (nSPS) is 10.1. The maximum atomic E-state index is 8.35. The van der Waals surface area contributed by atoms with E-state index in [1.165, 1.54) is 6.21 Å². The molecule has 7 heteroatoms. The first-order chi connectivity index (χ1) is 8.19. The van der Waals surface area contributed by atoms with Gasteiger partial charge in [0, 0.05) is 11.6 Å². The molecule has 17 heavy (non-hydrogen) atoms. The van der Waals surface area contributed by atoms with Crippen LogP contribution in [0.25, 0.3) is 0 Å². The van der Waals surface area contributed by atoms with Crippen molar-refractivity contribution in [3.8, 4) is 11.5 Å². The molecule has 0 aliphatic rings. The summed E-state index contributed by atoms with van der Waals surface area (Å²) in [4.78, 5) is 0. The summed E-state index contributed by atoms with van der Waals surface area (Å²) >= 11 is 0. The van der Waals surface area contributed by atoms with Crippen LogP contribution in [0.5, 0.6) is 11.5 Å². The zero-order chi connectivity index (χ0) is 12.7. The van der Waals surface area contributed by atoms with Crippen molar-refractivity contribution in [2.24, 2.45) is 5.10 Å². The molecule has 7 nitrogen and oxygen atoms in total. The zero-order valence-corrected chi connectivity index (χ0v) is 9.52. The molecule has 0 fully saturated rings. The van der Waals surface area contributed by atoms with Crippen molar-refractivity contribution < 1.29 is 14.7 Å². The number of nitrogens with one attached hydrogen (secondary N) is 3. The predicted molar refractivity (Wildman–Crippen MR) is 62.9 cm³/mol. The Morgan fingerprint density at radius 3 is 2.35 bits per heavy atom. The number of hydrogen-bond donors (Lipinski definition) is 4. The van der Waals surface area contributed by atoms with Gasteiger partial charge in [0.25, 0.3) is 0 Å². The molecule has 0 spiro atoms. The van der Waals surface area contributed by atoms with Gasteiger partial charge in [-0.15, -0.1) is 0 Å². The van der Waals surface area contributed by atoms with Gasteiger partial charge >= 0.3 is 0 Å². The van der Waals surface area contributed by atoms with Gasteiger partial charge in [-0.25, -0.2) is 10.9 Å². The number of benzene rings is 1. The molecule has 0 radical (unpaired) electrons. The summed E-state index contributed by atoms with van der Waals surface area (Å²) in [5.41, 5.74) is 4.61. The first-order valence-corrected chi connectivity index (χ1v) is 4.70. The molecule has 1 aromatic rings. The van der Waals surface area contributed by atoms with E-state index in [-0.39, 0.29) is 5.96 Å². The van der Waals surface area contributed by atoms with Gasteiger partial charge in [0.1, 0.15) is 11.5 Å². The molecule has 0 saturated carbocycles. The molecule has 0 amide bonds. The lowest BCUT2D eigenvalue weighted by atomic mass is 10.2. The molecule has 0 bridgehead atoms. The monoisotopic (exact) mass is 238 g/mol. The average Bonchev–Trinajstić information content (AvgIpc) is 2.37. The van der Waals surface area contributed by atoms with Gasteiger partial charge in [0.15, 0.2) is 0 Å². The van der Waals surface area contributed by atoms with Crippen molar-refractivity contribution in [1.82, 2.24) is 10.9 Å². The standard InChI is InChI=1S/C10H14N4O3/c1-16-8-3-7(4-9(5-8)17-2)6-12-13-10(11)14-15/h3-6,15H,1-2H3,(H3,11,13,14). The van der Waals surface area contributed by atoms with Gasteiger partial charge in [-0.1, -0.05) is 0 Å². The number of guanidine groups is 1. The fourth-order valence-electron chi connectivity index (χ4n) is 1.10. The first-order valence-electron chi connectivity index (χ1n) is 4.70. The number of hydroxylamine groups is 1. The predicted octanol–water partition coefficient (Wildman–Crippen LogP) is 0.541. The van der Waals surface area contributed by atoms with Crippen molar-refractivity contribution in [2.75, 3.05) is 14.2 Å². The van der Waals surface area contributed by atoms with Crippen molar-refractivity contribution in [2.45, 2.75) is 0 Å². The SMILES string of the molecule is COc1cc(C=NNC(=N)NO)cc(OC)c1. The summed E-state index contributed by atoms with van der Waals surface area (Å²) in [5, 5.41) is 19.1. The molecule has 0 unspecified atom stereocenters. The molecule has 0 aromatic heterocycles. The van der Waals surface area contributed by atoms with E-state index in [9.17, 15) is 0 Å². The summed E-state index contributed by atoms with van der Waals surface area (Å²) < 4.78 is 10.2. The van der Waals surface area contributed by atoms with Crippen LogP contribution in [0.2, 0.25) is 0 Å². The summed E-state index contributed by atoms with van der Waals surface area (Å²) in [6, 6.07) is 5.25. The fourth-order valence-corrected chi connectivity index (χ4v) is 1.10. The average molecular weight is 238 g/mol. The number of ether oxygens (including phenoxy) is 2. The minimum absolute atomic E-state index is 0.323. The minimum atomic E-state index is -0.323. The van der Waals surface area contributed by atoms with E-state index in [1.54, 1.807) is 37.9 Å². The van der Waals surface area contributed by atoms with Crippen molar-refractivity contribution >= 4 is 12.2 Å². The van der Waals surface area contributed by atoms with Crippen LogP contribution in [0.3, 0.4) is 0 Å². The zero-order valence-electron chi connectivity index (χ0n) is 9.52. The summed E-state index contributed by atoms with van der Waals surface area (Å²) in [6.45, 7) is 0. The third-order valence-electron chi connectivity index (χ3n) is 1.88. The lowest BCUT2D eigenvalue weighted by molar-refractivity contribution is 0.228. The third-order valence-corrected chi connectivity index (χ3v) is 1.88. The Labute approximate surface area is 98.5 Å². The number of hydrogen-bond acceptors (Lipinski definition) is 5. The Morgan fingerprint density at radius 1 is 1.29 bits per heavy atom. The Balaban J connectivity index is 2.79. The molecule has 0 aliphatic carbocycles. The highest BCUT2D eigenvalue weighted by Gasteiger charge is 1.99. The van der Waals surface area contributed by atoms with Crippen LogP contribution in [0.4, 0.5) is 0 Å². The van der Waals surface area contributed by atoms with E-state index in [0.717, 1.165) is 5.56 Å². The smallest absolute Gasteiger partial charge is 0.233 e.